The minimum Gasteiger partial charge on any atom is -0.314 e. The van der Waals surface area contributed by atoms with Crippen molar-refractivity contribution in [2.75, 3.05) is 26.2 Å². The van der Waals surface area contributed by atoms with Crippen molar-refractivity contribution >= 4 is 12.4 Å². The quantitative estimate of drug-likeness (QED) is 0.863. The number of nitrogens with one attached hydrogen (secondary N) is 1. The zero-order valence-corrected chi connectivity index (χ0v) is 11.6. The SMILES string of the molecule is CC[C@@H](c1ccc(F)c(F)c1F)N1CCNCC1.Cl. The number of halogens is 4. The summed E-state index contributed by atoms with van der Waals surface area (Å²) in [5.74, 6) is -3.56. The van der Waals surface area contributed by atoms with E-state index in [1.165, 1.54) is 6.07 Å². The van der Waals surface area contributed by atoms with Crippen molar-refractivity contribution in [3.63, 3.8) is 0 Å². The Kier molecular flexibility index (Phi) is 6.10. The lowest BCUT2D eigenvalue weighted by Crippen LogP contribution is -2.45. The molecule has 0 spiro atoms. The summed E-state index contributed by atoms with van der Waals surface area (Å²) < 4.78 is 40.0. The van der Waals surface area contributed by atoms with Gasteiger partial charge in [0.25, 0.3) is 0 Å². The van der Waals surface area contributed by atoms with E-state index in [4.69, 9.17) is 0 Å². The van der Waals surface area contributed by atoms with Crippen LogP contribution < -0.4 is 5.32 Å². The maximum Gasteiger partial charge on any atom is 0.194 e. The van der Waals surface area contributed by atoms with Crippen LogP contribution in [0.25, 0.3) is 0 Å². The average molecular weight is 295 g/mol. The maximum atomic E-state index is 13.8. The molecule has 2 rings (SSSR count). The van der Waals surface area contributed by atoms with Crippen LogP contribution in [0.5, 0.6) is 0 Å². The van der Waals surface area contributed by atoms with E-state index in [1.54, 1.807) is 0 Å². The fourth-order valence-electron chi connectivity index (χ4n) is 2.47. The van der Waals surface area contributed by atoms with E-state index in [0.717, 1.165) is 32.2 Å². The van der Waals surface area contributed by atoms with E-state index < -0.39 is 17.5 Å². The molecule has 19 heavy (non-hydrogen) atoms. The first-order valence-corrected chi connectivity index (χ1v) is 6.23. The van der Waals surface area contributed by atoms with Crippen LogP contribution in [0.3, 0.4) is 0 Å². The molecule has 1 aliphatic rings. The van der Waals surface area contributed by atoms with Crippen LogP contribution in [0.15, 0.2) is 12.1 Å². The minimum absolute atomic E-state index is 0. The predicted octanol–water partition coefficient (Wildman–Crippen LogP) is 2.88. The lowest BCUT2D eigenvalue weighted by atomic mass is 10.0. The molecule has 1 aliphatic heterocycles. The van der Waals surface area contributed by atoms with E-state index in [9.17, 15) is 13.2 Å². The van der Waals surface area contributed by atoms with E-state index >= 15 is 0 Å². The van der Waals surface area contributed by atoms with Gasteiger partial charge in [-0.05, 0) is 12.5 Å². The summed E-state index contributed by atoms with van der Waals surface area (Å²) in [5, 5.41) is 3.21. The van der Waals surface area contributed by atoms with Gasteiger partial charge in [-0.1, -0.05) is 13.0 Å². The molecule has 108 valence electrons. The number of piperazine rings is 1. The molecule has 1 aromatic rings. The Labute approximate surface area is 117 Å². The standard InChI is InChI=1S/C13H17F3N2.ClH/c1-2-11(18-7-5-17-6-8-18)9-3-4-10(14)13(16)12(9)15;/h3-4,11,17H,2,5-8H2,1H3;1H/t11-;/m0./s1. The number of nitrogens with zero attached hydrogens (tertiary/aromatic N) is 1. The third-order valence-corrected chi connectivity index (χ3v) is 3.40. The third-order valence-electron chi connectivity index (χ3n) is 3.40. The Bertz CT molecular complexity index is 423. The van der Waals surface area contributed by atoms with Gasteiger partial charge in [-0.3, -0.25) is 4.90 Å². The number of benzene rings is 1. The zero-order chi connectivity index (χ0) is 13.1. The molecule has 1 heterocycles. The Morgan fingerprint density at radius 1 is 1.16 bits per heavy atom. The van der Waals surface area contributed by atoms with Gasteiger partial charge in [0, 0.05) is 37.8 Å². The van der Waals surface area contributed by atoms with Crippen LogP contribution in [0.4, 0.5) is 13.2 Å². The van der Waals surface area contributed by atoms with Gasteiger partial charge in [0.1, 0.15) is 0 Å². The predicted molar refractivity (Wildman–Crippen MR) is 71.0 cm³/mol. The summed E-state index contributed by atoms with van der Waals surface area (Å²) in [6, 6.07) is 2.16. The highest BCUT2D eigenvalue weighted by Crippen LogP contribution is 2.28. The molecule has 0 amide bonds. The van der Waals surface area contributed by atoms with Crippen molar-refractivity contribution in [1.29, 1.82) is 0 Å². The van der Waals surface area contributed by atoms with E-state index in [2.05, 4.69) is 10.2 Å². The smallest absolute Gasteiger partial charge is 0.194 e. The van der Waals surface area contributed by atoms with Crippen LogP contribution in [-0.2, 0) is 0 Å². The van der Waals surface area contributed by atoms with Gasteiger partial charge < -0.3 is 5.32 Å². The maximum absolute atomic E-state index is 13.8. The molecule has 1 N–H and O–H groups in total. The van der Waals surface area contributed by atoms with Gasteiger partial charge in [-0.15, -0.1) is 12.4 Å². The Morgan fingerprint density at radius 2 is 1.79 bits per heavy atom. The summed E-state index contributed by atoms with van der Waals surface area (Å²) in [5.41, 5.74) is 0.248. The highest BCUT2D eigenvalue weighted by molar-refractivity contribution is 5.85. The van der Waals surface area contributed by atoms with E-state index in [1.807, 2.05) is 6.92 Å². The molecule has 6 heteroatoms. The lowest BCUT2D eigenvalue weighted by Gasteiger charge is -2.34. The van der Waals surface area contributed by atoms with Crippen molar-refractivity contribution in [2.45, 2.75) is 19.4 Å². The Balaban J connectivity index is 0.00000180. The minimum atomic E-state index is -1.37. The van der Waals surface area contributed by atoms with Crippen LogP contribution in [-0.4, -0.2) is 31.1 Å². The second-order valence-corrected chi connectivity index (χ2v) is 4.47. The summed E-state index contributed by atoms with van der Waals surface area (Å²) in [4.78, 5) is 2.10. The molecule has 0 radical (unpaired) electrons. The summed E-state index contributed by atoms with van der Waals surface area (Å²) in [6.45, 7) is 5.17. The first-order valence-electron chi connectivity index (χ1n) is 6.23. The molecule has 0 saturated carbocycles. The average Bonchev–Trinajstić information content (AvgIpc) is 2.41. The molecule has 1 fully saturated rings. The number of hydrogen-bond donors (Lipinski definition) is 1. The van der Waals surface area contributed by atoms with Crippen LogP contribution >= 0.6 is 12.4 Å². The van der Waals surface area contributed by atoms with Gasteiger partial charge in [0.2, 0.25) is 0 Å². The van der Waals surface area contributed by atoms with Crippen molar-refractivity contribution in [2.24, 2.45) is 0 Å². The lowest BCUT2D eigenvalue weighted by molar-refractivity contribution is 0.165. The Morgan fingerprint density at radius 3 is 2.37 bits per heavy atom. The third kappa shape index (κ3) is 3.41. The summed E-state index contributed by atoms with van der Waals surface area (Å²) in [7, 11) is 0. The van der Waals surface area contributed by atoms with Gasteiger partial charge in [0.05, 0.1) is 0 Å². The molecular formula is C13H18ClF3N2. The van der Waals surface area contributed by atoms with Crippen molar-refractivity contribution in [3.8, 4) is 0 Å². The summed E-state index contributed by atoms with van der Waals surface area (Å²) in [6.07, 6.45) is 0.669. The fourth-order valence-corrected chi connectivity index (χ4v) is 2.47. The van der Waals surface area contributed by atoms with Crippen molar-refractivity contribution in [1.82, 2.24) is 10.2 Å². The second-order valence-electron chi connectivity index (χ2n) is 4.47. The zero-order valence-electron chi connectivity index (χ0n) is 10.8. The van der Waals surface area contributed by atoms with Gasteiger partial charge >= 0.3 is 0 Å². The van der Waals surface area contributed by atoms with E-state index in [-0.39, 0.29) is 24.0 Å². The topological polar surface area (TPSA) is 15.3 Å². The first-order chi connectivity index (χ1) is 8.65. The van der Waals surface area contributed by atoms with Crippen LogP contribution in [0.2, 0.25) is 0 Å². The molecule has 1 saturated heterocycles. The summed E-state index contributed by atoms with van der Waals surface area (Å²) >= 11 is 0. The molecule has 2 nitrogen and oxygen atoms in total. The molecule has 0 aliphatic carbocycles. The highest BCUT2D eigenvalue weighted by atomic mass is 35.5. The molecule has 0 unspecified atom stereocenters. The number of rotatable bonds is 3. The Hall–Kier alpha value is -0.780. The van der Waals surface area contributed by atoms with Gasteiger partial charge in [0.15, 0.2) is 17.5 Å². The monoisotopic (exact) mass is 294 g/mol. The van der Waals surface area contributed by atoms with Gasteiger partial charge in [-0.2, -0.15) is 0 Å². The van der Waals surface area contributed by atoms with Crippen molar-refractivity contribution in [3.05, 3.63) is 35.1 Å². The molecule has 1 aromatic carbocycles. The van der Waals surface area contributed by atoms with Gasteiger partial charge in [-0.25, -0.2) is 13.2 Å². The largest absolute Gasteiger partial charge is 0.314 e. The number of hydrogen-bond acceptors (Lipinski definition) is 2. The van der Waals surface area contributed by atoms with Crippen LogP contribution in [0.1, 0.15) is 24.9 Å². The fraction of sp³-hybridized carbons (Fsp3) is 0.538. The molecule has 1 atom stereocenters. The molecular weight excluding hydrogens is 277 g/mol. The molecule has 0 bridgehead atoms. The highest BCUT2D eigenvalue weighted by Gasteiger charge is 2.25. The normalized spacial score (nSPS) is 17.9. The second kappa shape index (κ2) is 7.12. The first kappa shape index (κ1) is 16.3. The van der Waals surface area contributed by atoms with E-state index in [0.29, 0.717) is 6.42 Å². The van der Waals surface area contributed by atoms with Crippen LogP contribution in [0, 0.1) is 17.5 Å². The molecule has 0 aromatic heterocycles. The van der Waals surface area contributed by atoms with Crippen molar-refractivity contribution < 1.29 is 13.2 Å².